The molecule has 4 nitrogen and oxygen atoms in total. The topological polar surface area (TPSA) is 50.5 Å². The molecule has 0 atom stereocenters. The van der Waals surface area contributed by atoms with Crippen LogP contribution < -0.4 is 15.8 Å². The summed E-state index contributed by atoms with van der Waals surface area (Å²) in [5.74, 6) is 0.899. The normalized spacial score (nSPS) is 15.6. The zero-order chi connectivity index (χ0) is 12.1. The standard InChI is InChI=1S/C13H21N3O/c1-17-13-4-3-12(14)9-11(13)10-15-5-8-16-6-2-7-16/h3-4,9,15H,2,5-8,10,14H2,1H3. The van der Waals surface area contributed by atoms with Crippen molar-refractivity contribution in [1.29, 1.82) is 0 Å². The maximum Gasteiger partial charge on any atom is 0.123 e. The number of anilines is 1. The number of benzene rings is 1. The first-order chi connectivity index (χ1) is 8.29. The lowest BCUT2D eigenvalue weighted by molar-refractivity contribution is 0.182. The van der Waals surface area contributed by atoms with Gasteiger partial charge >= 0.3 is 0 Å². The Bertz CT molecular complexity index is 364. The summed E-state index contributed by atoms with van der Waals surface area (Å²) in [4.78, 5) is 2.45. The van der Waals surface area contributed by atoms with Gasteiger partial charge in [0.25, 0.3) is 0 Å². The third-order valence-electron chi connectivity index (χ3n) is 3.17. The predicted molar refractivity (Wildman–Crippen MR) is 70.2 cm³/mol. The Morgan fingerprint density at radius 3 is 2.88 bits per heavy atom. The minimum atomic E-state index is 0.783. The molecule has 3 N–H and O–H groups in total. The molecule has 0 amide bonds. The van der Waals surface area contributed by atoms with Crippen LogP contribution in [0.5, 0.6) is 5.75 Å². The molecule has 0 spiro atoms. The van der Waals surface area contributed by atoms with Gasteiger partial charge in [0.2, 0.25) is 0 Å². The zero-order valence-corrected chi connectivity index (χ0v) is 10.4. The smallest absolute Gasteiger partial charge is 0.123 e. The summed E-state index contributed by atoms with van der Waals surface area (Å²) in [5.41, 5.74) is 7.68. The van der Waals surface area contributed by atoms with E-state index in [4.69, 9.17) is 10.5 Å². The molecule has 1 aliphatic heterocycles. The summed E-state index contributed by atoms with van der Waals surface area (Å²) < 4.78 is 5.30. The van der Waals surface area contributed by atoms with Gasteiger partial charge in [-0.15, -0.1) is 0 Å². The second-order valence-electron chi connectivity index (χ2n) is 4.44. The van der Waals surface area contributed by atoms with Gasteiger partial charge in [-0.2, -0.15) is 0 Å². The van der Waals surface area contributed by atoms with Gasteiger partial charge in [0.1, 0.15) is 5.75 Å². The van der Waals surface area contributed by atoms with Gasteiger partial charge in [-0.05, 0) is 37.7 Å². The molecular formula is C13H21N3O. The molecular weight excluding hydrogens is 214 g/mol. The van der Waals surface area contributed by atoms with E-state index in [0.29, 0.717) is 0 Å². The fourth-order valence-corrected chi connectivity index (χ4v) is 2.00. The summed E-state index contributed by atoms with van der Waals surface area (Å²) in [7, 11) is 1.69. The number of hydrogen-bond donors (Lipinski definition) is 2. The third kappa shape index (κ3) is 3.35. The molecule has 0 radical (unpaired) electrons. The van der Waals surface area contributed by atoms with Crippen molar-refractivity contribution in [1.82, 2.24) is 10.2 Å². The maximum absolute atomic E-state index is 5.77. The lowest BCUT2D eigenvalue weighted by Gasteiger charge is -2.30. The number of likely N-dealkylation sites (tertiary alicyclic amines) is 1. The van der Waals surface area contributed by atoms with Crippen molar-refractivity contribution in [2.24, 2.45) is 0 Å². The highest BCUT2D eigenvalue weighted by atomic mass is 16.5. The molecule has 1 fully saturated rings. The zero-order valence-electron chi connectivity index (χ0n) is 10.4. The van der Waals surface area contributed by atoms with Crippen LogP contribution >= 0.6 is 0 Å². The summed E-state index contributed by atoms with van der Waals surface area (Å²) in [6.45, 7) is 5.46. The Kier molecular flexibility index (Phi) is 4.23. The molecule has 1 saturated heterocycles. The van der Waals surface area contributed by atoms with Crippen LogP contribution in [0, 0.1) is 0 Å². The van der Waals surface area contributed by atoms with E-state index >= 15 is 0 Å². The van der Waals surface area contributed by atoms with Crippen molar-refractivity contribution < 1.29 is 4.74 Å². The van der Waals surface area contributed by atoms with Gasteiger partial charge in [0.05, 0.1) is 7.11 Å². The van der Waals surface area contributed by atoms with Crippen LogP contribution in [0.3, 0.4) is 0 Å². The Labute approximate surface area is 103 Å². The molecule has 2 rings (SSSR count). The summed E-state index contributed by atoms with van der Waals surface area (Å²) in [6.07, 6.45) is 1.35. The van der Waals surface area contributed by atoms with Gasteiger partial charge in [0.15, 0.2) is 0 Å². The third-order valence-corrected chi connectivity index (χ3v) is 3.17. The first-order valence-electron chi connectivity index (χ1n) is 6.15. The van der Waals surface area contributed by atoms with Gasteiger partial charge in [0, 0.05) is 30.9 Å². The molecule has 1 heterocycles. The number of nitrogens with two attached hydrogens (primary N) is 1. The summed E-state index contributed by atoms with van der Waals surface area (Å²) in [5, 5.41) is 3.43. The number of ether oxygens (including phenoxy) is 1. The lowest BCUT2D eigenvalue weighted by Crippen LogP contribution is -2.41. The molecule has 1 aromatic carbocycles. The number of rotatable bonds is 6. The molecule has 94 valence electrons. The average Bonchev–Trinajstić information content (AvgIpc) is 2.26. The second kappa shape index (κ2) is 5.89. The molecule has 0 saturated carbocycles. The highest BCUT2D eigenvalue weighted by Gasteiger charge is 2.12. The Morgan fingerprint density at radius 2 is 2.24 bits per heavy atom. The lowest BCUT2D eigenvalue weighted by atomic mass is 10.1. The van der Waals surface area contributed by atoms with Gasteiger partial charge in [-0.3, -0.25) is 0 Å². The van der Waals surface area contributed by atoms with Gasteiger partial charge < -0.3 is 20.7 Å². The molecule has 1 aliphatic rings. The summed E-state index contributed by atoms with van der Waals surface area (Å²) in [6, 6.07) is 5.75. The van der Waals surface area contributed by atoms with E-state index in [2.05, 4.69) is 10.2 Å². The minimum absolute atomic E-state index is 0.783. The number of nitrogen functional groups attached to an aromatic ring is 1. The number of hydrogen-bond acceptors (Lipinski definition) is 4. The van der Waals surface area contributed by atoms with E-state index in [1.54, 1.807) is 7.11 Å². The van der Waals surface area contributed by atoms with Crippen molar-refractivity contribution in [3.63, 3.8) is 0 Å². The van der Waals surface area contributed by atoms with Crippen molar-refractivity contribution in [3.05, 3.63) is 23.8 Å². The van der Waals surface area contributed by atoms with E-state index < -0.39 is 0 Å². The Hall–Kier alpha value is -1.26. The van der Waals surface area contributed by atoms with E-state index in [1.807, 2.05) is 18.2 Å². The van der Waals surface area contributed by atoms with Crippen LogP contribution in [0.25, 0.3) is 0 Å². The summed E-state index contributed by atoms with van der Waals surface area (Å²) >= 11 is 0. The van der Waals surface area contributed by atoms with Crippen LogP contribution in [0.15, 0.2) is 18.2 Å². The molecule has 0 aromatic heterocycles. The van der Waals surface area contributed by atoms with Crippen molar-refractivity contribution >= 4 is 5.69 Å². The fourth-order valence-electron chi connectivity index (χ4n) is 2.00. The Balaban J connectivity index is 1.78. The second-order valence-corrected chi connectivity index (χ2v) is 4.44. The number of nitrogens with one attached hydrogen (secondary N) is 1. The average molecular weight is 235 g/mol. The van der Waals surface area contributed by atoms with Crippen LogP contribution in [0.1, 0.15) is 12.0 Å². The SMILES string of the molecule is COc1ccc(N)cc1CNCCN1CCC1. The molecule has 0 unspecified atom stereocenters. The van der Waals surface area contributed by atoms with Crippen molar-refractivity contribution in [3.8, 4) is 5.75 Å². The molecule has 4 heteroatoms. The maximum atomic E-state index is 5.77. The monoisotopic (exact) mass is 235 g/mol. The quantitative estimate of drug-likeness (QED) is 0.572. The first-order valence-corrected chi connectivity index (χ1v) is 6.15. The predicted octanol–water partition coefficient (Wildman–Crippen LogP) is 1.07. The van der Waals surface area contributed by atoms with Crippen LogP contribution in [-0.4, -0.2) is 38.2 Å². The highest BCUT2D eigenvalue weighted by Crippen LogP contribution is 2.20. The Morgan fingerprint density at radius 1 is 1.41 bits per heavy atom. The van der Waals surface area contributed by atoms with Crippen LogP contribution in [0.2, 0.25) is 0 Å². The first kappa shape index (κ1) is 12.2. The molecule has 1 aromatic rings. The van der Waals surface area contributed by atoms with Gasteiger partial charge in [-0.1, -0.05) is 0 Å². The van der Waals surface area contributed by atoms with E-state index in [9.17, 15) is 0 Å². The van der Waals surface area contributed by atoms with E-state index in [-0.39, 0.29) is 0 Å². The largest absolute Gasteiger partial charge is 0.496 e. The minimum Gasteiger partial charge on any atom is -0.496 e. The molecule has 0 aliphatic carbocycles. The molecule has 0 bridgehead atoms. The van der Waals surface area contributed by atoms with Crippen molar-refractivity contribution in [2.75, 3.05) is 39.0 Å². The highest BCUT2D eigenvalue weighted by molar-refractivity contribution is 5.47. The van der Waals surface area contributed by atoms with Crippen LogP contribution in [0.4, 0.5) is 5.69 Å². The van der Waals surface area contributed by atoms with E-state index in [0.717, 1.165) is 36.6 Å². The number of methoxy groups -OCH3 is 1. The van der Waals surface area contributed by atoms with E-state index in [1.165, 1.54) is 19.5 Å². The van der Waals surface area contributed by atoms with Crippen molar-refractivity contribution in [2.45, 2.75) is 13.0 Å². The fraction of sp³-hybridized carbons (Fsp3) is 0.538. The van der Waals surface area contributed by atoms with Gasteiger partial charge in [-0.25, -0.2) is 0 Å². The number of nitrogens with zero attached hydrogens (tertiary/aromatic N) is 1. The molecule has 17 heavy (non-hydrogen) atoms. The van der Waals surface area contributed by atoms with Crippen LogP contribution in [-0.2, 0) is 6.54 Å².